The molecule has 2 saturated heterocycles. The Morgan fingerprint density at radius 3 is 2.94 bits per heavy atom. The van der Waals surface area contributed by atoms with Crippen LogP contribution in [0.1, 0.15) is 19.3 Å². The molecular weight excluding hydrogens is 230 g/mol. The molecule has 2 aliphatic heterocycles. The summed E-state index contributed by atoms with van der Waals surface area (Å²) in [5.41, 5.74) is 0. The highest BCUT2D eigenvalue weighted by Gasteiger charge is 2.48. The van der Waals surface area contributed by atoms with Gasteiger partial charge in [-0.3, -0.25) is 4.79 Å². The molecule has 2 fully saturated rings. The lowest BCUT2D eigenvalue weighted by molar-refractivity contribution is -0.135. The van der Waals surface area contributed by atoms with Gasteiger partial charge in [0.1, 0.15) is 0 Å². The summed E-state index contributed by atoms with van der Waals surface area (Å²) in [6.07, 6.45) is 1.37. The molecule has 2 atom stereocenters. The second kappa shape index (κ2) is 4.86. The number of nitrogens with zero attached hydrogens (tertiary/aromatic N) is 1. The van der Waals surface area contributed by atoms with Crippen LogP contribution in [0, 0.1) is 0 Å². The molecule has 0 aliphatic carbocycles. The largest absolute Gasteiger partial charge is 0.383 e. The van der Waals surface area contributed by atoms with Crippen LogP contribution in [0.5, 0.6) is 0 Å². The molecular formula is C11H18F2N2O2. The third-order valence-electron chi connectivity index (χ3n) is 3.38. The van der Waals surface area contributed by atoms with Gasteiger partial charge in [-0.15, -0.1) is 0 Å². The first-order valence-corrected chi connectivity index (χ1v) is 5.94. The van der Waals surface area contributed by atoms with Crippen molar-refractivity contribution in [3.8, 4) is 0 Å². The Hall–Kier alpha value is -0.750. The maximum absolute atomic E-state index is 13.3. The van der Waals surface area contributed by atoms with E-state index in [0.29, 0.717) is 0 Å². The van der Waals surface area contributed by atoms with Gasteiger partial charge in [0, 0.05) is 13.5 Å². The van der Waals surface area contributed by atoms with Crippen LogP contribution in [0.2, 0.25) is 0 Å². The second-order valence-corrected chi connectivity index (χ2v) is 4.78. The van der Waals surface area contributed by atoms with E-state index < -0.39 is 18.5 Å². The third-order valence-corrected chi connectivity index (χ3v) is 3.38. The topological polar surface area (TPSA) is 41.6 Å². The minimum Gasteiger partial charge on any atom is -0.383 e. The molecule has 17 heavy (non-hydrogen) atoms. The van der Waals surface area contributed by atoms with Gasteiger partial charge in [-0.1, -0.05) is 0 Å². The molecule has 0 bridgehead atoms. The Morgan fingerprint density at radius 1 is 1.59 bits per heavy atom. The molecule has 0 aromatic rings. The van der Waals surface area contributed by atoms with Gasteiger partial charge in [-0.25, -0.2) is 8.78 Å². The number of hydrogen-bond donors (Lipinski definition) is 1. The molecule has 0 aromatic carbocycles. The number of halogens is 2. The van der Waals surface area contributed by atoms with Crippen molar-refractivity contribution < 1.29 is 18.3 Å². The lowest BCUT2D eigenvalue weighted by Gasteiger charge is -2.26. The molecule has 98 valence electrons. The fourth-order valence-corrected chi connectivity index (χ4v) is 2.59. The normalized spacial score (nSPS) is 32.1. The maximum atomic E-state index is 13.3. The molecule has 1 N–H and O–H groups in total. The lowest BCUT2D eigenvalue weighted by atomic mass is 10.1. The molecule has 2 aliphatic rings. The molecule has 0 spiro atoms. The monoisotopic (exact) mass is 248 g/mol. The number of ether oxygens (including phenoxy) is 1. The molecule has 4 nitrogen and oxygen atoms in total. The van der Waals surface area contributed by atoms with Gasteiger partial charge in [-0.2, -0.15) is 0 Å². The van der Waals surface area contributed by atoms with Gasteiger partial charge in [0.25, 0.3) is 5.92 Å². The van der Waals surface area contributed by atoms with Crippen molar-refractivity contribution in [2.45, 2.75) is 37.3 Å². The van der Waals surface area contributed by atoms with Gasteiger partial charge in [0.05, 0.1) is 25.2 Å². The fourth-order valence-electron chi connectivity index (χ4n) is 2.59. The molecule has 2 rings (SSSR count). The van der Waals surface area contributed by atoms with E-state index in [4.69, 9.17) is 4.74 Å². The highest BCUT2D eigenvalue weighted by atomic mass is 19.3. The second-order valence-electron chi connectivity index (χ2n) is 4.78. The first-order chi connectivity index (χ1) is 8.03. The van der Waals surface area contributed by atoms with E-state index in [2.05, 4.69) is 5.32 Å². The highest BCUT2D eigenvalue weighted by Crippen LogP contribution is 2.33. The van der Waals surface area contributed by atoms with Gasteiger partial charge in [-0.05, 0) is 19.4 Å². The summed E-state index contributed by atoms with van der Waals surface area (Å²) in [4.78, 5) is 13.4. The first-order valence-electron chi connectivity index (χ1n) is 5.94. The lowest BCUT2D eigenvalue weighted by Crippen LogP contribution is -2.47. The zero-order valence-corrected chi connectivity index (χ0v) is 9.92. The third kappa shape index (κ3) is 2.74. The fraction of sp³-hybridized carbons (Fsp3) is 0.909. The predicted octanol–water partition coefficient (Wildman–Crippen LogP) is 0.621. The number of likely N-dealkylation sites (tertiary alicyclic amines) is 1. The average molecular weight is 248 g/mol. The number of carbonyl (C=O) groups is 1. The zero-order chi connectivity index (χ0) is 12.5. The van der Waals surface area contributed by atoms with Gasteiger partial charge < -0.3 is 15.0 Å². The Labute approximate surface area is 99.3 Å². The van der Waals surface area contributed by atoms with E-state index in [1.54, 1.807) is 0 Å². The van der Waals surface area contributed by atoms with Crippen molar-refractivity contribution in [3.05, 3.63) is 0 Å². The summed E-state index contributed by atoms with van der Waals surface area (Å²) in [5.74, 6) is -2.99. The van der Waals surface area contributed by atoms with E-state index >= 15 is 0 Å². The van der Waals surface area contributed by atoms with E-state index in [1.807, 2.05) is 0 Å². The SMILES string of the molecule is COC[C@H]1CC(F)(F)CN1C(=O)[C@@H]1CCCN1. The predicted molar refractivity (Wildman–Crippen MR) is 58.0 cm³/mol. The first kappa shape index (κ1) is 12.7. The van der Waals surface area contributed by atoms with E-state index in [1.165, 1.54) is 12.0 Å². The van der Waals surface area contributed by atoms with Crippen LogP contribution in [0.4, 0.5) is 8.78 Å². The van der Waals surface area contributed by atoms with Crippen molar-refractivity contribution in [3.63, 3.8) is 0 Å². The summed E-state index contributed by atoms with van der Waals surface area (Å²) in [5, 5.41) is 3.05. The summed E-state index contributed by atoms with van der Waals surface area (Å²) >= 11 is 0. The minimum absolute atomic E-state index is 0.175. The van der Waals surface area contributed by atoms with E-state index in [0.717, 1.165) is 19.4 Å². The van der Waals surface area contributed by atoms with Crippen LogP contribution in [0.15, 0.2) is 0 Å². The standard InChI is InChI=1S/C11H18F2N2O2/c1-17-6-8-5-11(12,13)7-15(8)10(16)9-3-2-4-14-9/h8-9,14H,2-7H2,1H3/t8-,9+/m1/s1. The number of nitrogens with one attached hydrogen (secondary N) is 1. The van der Waals surface area contributed by atoms with Crippen molar-refractivity contribution in [1.29, 1.82) is 0 Å². The average Bonchev–Trinajstić information content (AvgIpc) is 2.85. The van der Waals surface area contributed by atoms with Gasteiger partial charge in [0.2, 0.25) is 5.91 Å². The van der Waals surface area contributed by atoms with Crippen LogP contribution >= 0.6 is 0 Å². The van der Waals surface area contributed by atoms with Crippen LogP contribution in [-0.2, 0) is 9.53 Å². The number of alkyl halides is 2. The van der Waals surface area contributed by atoms with Crippen molar-refractivity contribution >= 4 is 5.91 Å². The van der Waals surface area contributed by atoms with Crippen molar-refractivity contribution in [1.82, 2.24) is 10.2 Å². The molecule has 0 saturated carbocycles. The minimum atomic E-state index is -2.78. The van der Waals surface area contributed by atoms with Crippen LogP contribution in [0.3, 0.4) is 0 Å². The Morgan fingerprint density at radius 2 is 2.35 bits per heavy atom. The number of amides is 1. The van der Waals surface area contributed by atoms with Gasteiger partial charge in [0.15, 0.2) is 0 Å². The maximum Gasteiger partial charge on any atom is 0.267 e. The summed E-state index contributed by atoms with van der Waals surface area (Å²) in [6.45, 7) is 0.488. The van der Waals surface area contributed by atoms with E-state index in [-0.39, 0.29) is 25.0 Å². The molecule has 0 unspecified atom stereocenters. The van der Waals surface area contributed by atoms with Crippen LogP contribution < -0.4 is 5.32 Å². The molecule has 1 amide bonds. The quantitative estimate of drug-likeness (QED) is 0.796. The smallest absolute Gasteiger partial charge is 0.267 e. The molecule has 0 aromatic heterocycles. The summed E-state index contributed by atoms with van der Waals surface area (Å²) in [6, 6.07) is -0.784. The highest BCUT2D eigenvalue weighted by molar-refractivity contribution is 5.83. The number of hydrogen-bond acceptors (Lipinski definition) is 3. The van der Waals surface area contributed by atoms with E-state index in [9.17, 15) is 13.6 Å². The zero-order valence-electron chi connectivity index (χ0n) is 9.92. The number of methoxy groups -OCH3 is 1. The Kier molecular flexibility index (Phi) is 3.63. The van der Waals surface area contributed by atoms with Crippen LogP contribution in [0.25, 0.3) is 0 Å². The van der Waals surface area contributed by atoms with Crippen LogP contribution in [-0.4, -0.2) is 55.6 Å². The summed E-state index contributed by atoms with van der Waals surface area (Å²) in [7, 11) is 1.47. The Bertz CT molecular complexity index is 293. The van der Waals surface area contributed by atoms with Gasteiger partial charge >= 0.3 is 0 Å². The number of carbonyl (C=O) groups excluding carboxylic acids is 1. The Balaban J connectivity index is 2.03. The molecule has 6 heteroatoms. The molecule has 2 heterocycles. The summed E-state index contributed by atoms with van der Waals surface area (Å²) < 4.78 is 31.6. The van der Waals surface area contributed by atoms with Crippen molar-refractivity contribution in [2.24, 2.45) is 0 Å². The molecule has 0 radical (unpaired) electrons. The van der Waals surface area contributed by atoms with Crippen molar-refractivity contribution in [2.75, 3.05) is 26.8 Å². The number of rotatable bonds is 3.